The van der Waals surface area contributed by atoms with Crippen LogP contribution in [0.15, 0.2) is 42.5 Å². The number of rotatable bonds is 11. The van der Waals surface area contributed by atoms with E-state index in [1.54, 1.807) is 9.80 Å². The first-order chi connectivity index (χ1) is 19.9. The van der Waals surface area contributed by atoms with Gasteiger partial charge in [-0.25, -0.2) is 9.59 Å². The molecule has 0 saturated carbocycles. The molecule has 9 heteroatoms. The molecule has 2 fully saturated rings. The number of urea groups is 1. The number of cyclic esters (lactones) is 1. The van der Waals surface area contributed by atoms with Gasteiger partial charge in [-0.2, -0.15) is 0 Å². The zero-order valence-corrected chi connectivity index (χ0v) is 23.9. The van der Waals surface area contributed by atoms with E-state index in [1.165, 1.54) is 0 Å². The van der Waals surface area contributed by atoms with Gasteiger partial charge >= 0.3 is 12.1 Å². The van der Waals surface area contributed by atoms with E-state index in [0.29, 0.717) is 52.4 Å². The number of benzene rings is 2. The van der Waals surface area contributed by atoms with Gasteiger partial charge < -0.3 is 29.2 Å². The zero-order chi connectivity index (χ0) is 28.7. The van der Waals surface area contributed by atoms with E-state index >= 15 is 0 Å². The molecule has 5 rings (SSSR count). The van der Waals surface area contributed by atoms with Crippen LogP contribution in [0.4, 0.5) is 15.3 Å². The van der Waals surface area contributed by atoms with Gasteiger partial charge in [0, 0.05) is 63.3 Å². The van der Waals surface area contributed by atoms with Crippen LogP contribution >= 0.6 is 0 Å². The van der Waals surface area contributed by atoms with Gasteiger partial charge in [-0.3, -0.25) is 4.90 Å². The number of anilines is 1. The van der Waals surface area contributed by atoms with E-state index in [0.717, 1.165) is 53.8 Å². The van der Waals surface area contributed by atoms with Crippen molar-refractivity contribution >= 4 is 17.8 Å². The second-order valence-electron chi connectivity index (χ2n) is 11.0. The molecule has 41 heavy (non-hydrogen) atoms. The normalized spacial score (nSPS) is 19.2. The number of fused-ring (bicyclic) bond motifs is 1. The summed E-state index contributed by atoms with van der Waals surface area (Å²) in [5, 5.41) is 2.81. The van der Waals surface area contributed by atoms with Crippen molar-refractivity contribution in [3.05, 3.63) is 59.2 Å². The molecule has 3 amide bonds. The number of ether oxygens (including phenoxy) is 4. The minimum atomic E-state index is -0.629. The lowest BCUT2D eigenvalue weighted by molar-refractivity contribution is -0.180. The van der Waals surface area contributed by atoms with Crippen molar-refractivity contribution < 1.29 is 28.5 Å². The number of nitrogens with one attached hydrogen (secondary N) is 1. The molecule has 2 aromatic carbocycles. The Labute approximate surface area is 242 Å². The Kier molecular flexibility index (Phi) is 9.32. The Morgan fingerprint density at radius 3 is 2.80 bits per heavy atom. The van der Waals surface area contributed by atoms with Crippen LogP contribution in [0.3, 0.4) is 0 Å². The third kappa shape index (κ3) is 7.72. The van der Waals surface area contributed by atoms with Crippen LogP contribution in [0.2, 0.25) is 0 Å². The molecule has 2 aromatic rings. The fraction of sp³-hybridized carbons (Fsp3) is 0.500. The monoisotopic (exact) mass is 561 g/mol. The van der Waals surface area contributed by atoms with Crippen LogP contribution in [-0.4, -0.2) is 62.2 Å². The van der Waals surface area contributed by atoms with Crippen molar-refractivity contribution in [1.82, 2.24) is 10.2 Å². The molecule has 3 aliphatic heterocycles. The molecule has 2 saturated heterocycles. The number of carbonyl (C=O) groups is 2. The highest BCUT2D eigenvalue weighted by Gasteiger charge is 2.33. The van der Waals surface area contributed by atoms with E-state index in [9.17, 15) is 9.59 Å². The van der Waals surface area contributed by atoms with Crippen LogP contribution in [0, 0.1) is 11.8 Å². The Morgan fingerprint density at radius 1 is 1.07 bits per heavy atom. The van der Waals surface area contributed by atoms with Gasteiger partial charge in [0.1, 0.15) is 11.9 Å². The maximum atomic E-state index is 12.4. The summed E-state index contributed by atoms with van der Waals surface area (Å²) in [5.41, 5.74) is 3.71. The van der Waals surface area contributed by atoms with E-state index in [4.69, 9.17) is 18.9 Å². The summed E-state index contributed by atoms with van der Waals surface area (Å²) in [6.07, 6.45) is 4.15. The van der Waals surface area contributed by atoms with Crippen molar-refractivity contribution in [3.8, 4) is 17.6 Å². The Morgan fingerprint density at radius 2 is 1.95 bits per heavy atom. The largest absolute Gasteiger partial charge is 0.463 e. The average Bonchev–Trinajstić information content (AvgIpc) is 3.56. The Balaban J connectivity index is 0.928. The second kappa shape index (κ2) is 13.3. The van der Waals surface area contributed by atoms with Gasteiger partial charge in [0.05, 0.1) is 19.8 Å². The molecule has 0 radical (unpaired) electrons. The molecular formula is C32H39N3O6. The topological polar surface area (TPSA) is 89.6 Å². The first kappa shape index (κ1) is 28.8. The predicted octanol–water partition coefficient (Wildman–Crippen LogP) is 5.37. The van der Waals surface area contributed by atoms with Crippen LogP contribution in [0.1, 0.15) is 68.7 Å². The summed E-state index contributed by atoms with van der Waals surface area (Å²) >= 11 is 0. The molecule has 0 bridgehead atoms. The maximum absolute atomic E-state index is 12.4. The fourth-order valence-electron chi connectivity index (χ4n) is 5.14. The minimum Gasteiger partial charge on any atom is -0.463 e. The van der Waals surface area contributed by atoms with E-state index < -0.39 is 5.79 Å². The lowest BCUT2D eigenvalue weighted by Gasteiger charge is -2.32. The van der Waals surface area contributed by atoms with Crippen LogP contribution < -0.4 is 15.0 Å². The van der Waals surface area contributed by atoms with Crippen molar-refractivity contribution in [2.75, 3.05) is 44.3 Å². The molecule has 3 heterocycles. The molecule has 0 aliphatic carbocycles. The van der Waals surface area contributed by atoms with Gasteiger partial charge in [-0.1, -0.05) is 36.8 Å². The predicted molar refractivity (Wildman–Crippen MR) is 155 cm³/mol. The van der Waals surface area contributed by atoms with Crippen molar-refractivity contribution in [2.45, 2.75) is 64.4 Å². The highest BCUT2D eigenvalue weighted by atomic mass is 16.7. The lowest BCUT2D eigenvalue weighted by Crippen LogP contribution is -2.35. The Hall–Kier alpha value is -3.74. The third-order valence-electron chi connectivity index (χ3n) is 7.36. The quantitative estimate of drug-likeness (QED) is 0.293. The minimum absolute atomic E-state index is 0.0618. The number of unbranched alkanes of at least 4 members (excludes halogenated alkanes) is 3. The Bertz CT molecular complexity index is 1300. The van der Waals surface area contributed by atoms with Gasteiger partial charge in [-0.05, 0) is 48.7 Å². The molecule has 1 atom stereocenters. The summed E-state index contributed by atoms with van der Waals surface area (Å²) in [7, 11) is 0. The molecule has 0 aromatic heterocycles. The molecule has 3 aliphatic rings. The molecule has 218 valence electrons. The van der Waals surface area contributed by atoms with Crippen LogP contribution in [0.5, 0.6) is 5.75 Å². The summed E-state index contributed by atoms with van der Waals surface area (Å²) in [6, 6.07) is 13.6. The first-order valence-electron chi connectivity index (χ1n) is 14.5. The summed E-state index contributed by atoms with van der Waals surface area (Å²) in [6.45, 7) is 8.18. The molecule has 9 nitrogen and oxygen atoms in total. The summed E-state index contributed by atoms with van der Waals surface area (Å²) in [5.74, 6) is 6.51. The summed E-state index contributed by atoms with van der Waals surface area (Å²) < 4.78 is 23.0. The van der Waals surface area contributed by atoms with E-state index in [-0.39, 0.29) is 18.2 Å². The third-order valence-corrected chi connectivity index (χ3v) is 7.36. The zero-order valence-electron chi connectivity index (χ0n) is 23.9. The molecule has 0 unspecified atom stereocenters. The smallest absolute Gasteiger partial charge is 0.410 e. The van der Waals surface area contributed by atoms with Crippen LogP contribution in [0.25, 0.3) is 0 Å². The fourth-order valence-corrected chi connectivity index (χ4v) is 5.14. The molecule has 0 spiro atoms. The lowest BCUT2D eigenvalue weighted by atomic mass is 10.0. The SMILES string of the molecule is CC1(C)OCc2cc([C@@H]3CN(CCCCCCOCCC#Cc4cccc(N5CCNC5=O)c4)C(=O)O3)ccc2O1. The van der Waals surface area contributed by atoms with Crippen molar-refractivity contribution in [2.24, 2.45) is 0 Å². The van der Waals surface area contributed by atoms with E-state index in [1.807, 2.05) is 56.3 Å². The van der Waals surface area contributed by atoms with Gasteiger partial charge in [0.2, 0.25) is 5.79 Å². The average molecular weight is 562 g/mol. The molecular weight excluding hydrogens is 522 g/mol. The first-order valence-corrected chi connectivity index (χ1v) is 14.5. The van der Waals surface area contributed by atoms with Crippen LogP contribution in [-0.2, 0) is 20.8 Å². The van der Waals surface area contributed by atoms with Crippen molar-refractivity contribution in [3.63, 3.8) is 0 Å². The van der Waals surface area contributed by atoms with Gasteiger partial charge in [0.25, 0.3) is 0 Å². The second-order valence-corrected chi connectivity index (χ2v) is 11.0. The number of hydrogen-bond donors (Lipinski definition) is 1. The number of carbonyl (C=O) groups excluding carboxylic acids is 2. The molecule has 1 N–H and O–H groups in total. The van der Waals surface area contributed by atoms with Gasteiger partial charge in [-0.15, -0.1) is 0 Å². The standard InChI is InChI=1S/C32H39N3O6/c1-32(2)39-23-26-21-25(13-14-28(26)41-32)29-22-34(31(37)40-29)16-6-3-4-7-18-38-19-8-5-10-24-11-9-12-27(20-24)35-17-15-33-30(35)36/h9,11-14,20-21,29H,3-4,6-8,15-19,22-23H2,1-2H3,(H,33,36)/t29-/m0/s1. The van der Waals surface area contributed by atoms with E-state index in [2.05, 4.69) is 17.2 Å². The van der Waals surface area contributed by atoms with Gasteiger partial charge in [0.15, 0.2) is 0 Å². The number of hydrogen-bond acceptors (Lipinski definition) is 6. The maximum Gasteiger partial charge on any atom is 0.410 e. The van der Waals surface area contributed by atoms with Crippen molar-refractivity contribution in [1.29, 1.82) is 0 Å². The number of amides is 3. The highest BCUT2D eigenvalue weighted by Crippen LogP contribution is 2.35. The summed E-state index contributed by atoms with van der Waals surface area (Å²) in [4.78, 5) is 27.8. The number of nitrogens with zero attached hydrogens (tertiary/aromatic N) is 2. The highest BCUT2D eigenvalue weighted by molar-refractivity contribution is 5.94.